The van der Waals surface area contributed by atoms with Gasteiger partial charge in [0, 0.05) is 24.1 Å². The largest absolute Gasteiger partial charge is 0.308 e. The summed E-state index contributed by atoms with van der Waals surface area (Å²) in [6.45, 7) is 1.11. The predicted molar refractivity (Wildman–Crippen MR) is 76.6 cm³/mol. The third-order valence-corrected chi connectivity index (χ3v) is 4.60. The molecule has 2 rings (SSSR count). The molecule has 3 heteroatoms. The monoisotopic (exact) mass is 253 g/mol. The van der Waals surface area contributed by atoms with Gasteiger partial charge in [0.1, 0.15) is 0 Å². The second kappa shape index (κ2) is 6.58. The Balaban J connectivity index is 2.06. The number of fused-ring (bicyclic) bond motifs is 1. The Hall–Kier alpha value is -0.120. The minimum Gasteiger partial charge on any atom is -0.308 e. The van der Waals surface area contributed by atoms with E-state index in [0.29, 0.717) is 6.04 Å². The van der Waals surface area contributed by atoms with Crippen molar-refractivity contribution >= 4 is 23.5 Å². The number of nitrogens with one attached hydrogen (secondary N) is 1. The lowest BCUT2D eigenvalue weighted by Gasteiger charge is -2.18. The van der Waals surface area contributed by atoms with Crippen molar-refractivity contribution in [2.45, 2.75) is 12.5 Å². The number of hydrogen-bond acceptors (Lipinski definition) is 3. The van der Waals surface area contributed by atoms with Crippen LogP contribution in [0.4, 0.5) is 0 Å². The third kappa shape index (κ3) is 3.19. The van der Waals surface area contributed by atoms with Crippen LogP contribution < -0.4 is 5.32 Å². The van der Waals surface area contributed by atoms with Crippen LogP contribution >= 0.6 is 23.5 Å². The van der Waals surface area contributed by atoms with E-state index in [9.17, 15) is 0 Å². The van der Waals surface area contributed by atoms with Gasteiger partial charge in [0.05, 0.1) is 0 Å². The Morgan fingerprint density at radius 2 is 2.31 bits per heavy atom. The van der Waals surface area contributed by atoms with Crippen molar-refractivity contribution in [2.75, 3.05) is 30.1 Å². The Bertz CT molecular complexity index is 327. The average molecular weight is 253 g/mol. The molecule has 1 aromatic rings. The van der Waals surface area contributed by atoms with Crippen LogP contribution in [0.3, 0.4) is 0 Å². The molecule has 1 unspecified atom stereocenters. The molecule has 0 spiro atoms. The number of aryl methyl sites for hydroxylation is 1. The molecule has 1 heterocycles. The van der Waals surface area contributed by atoms with Crippen LogP contribution in [0.25, 0.3) is 0 Å². The molecule has 0 amide bonds. The van der Waals surface area contributed by atoms with Gasteiger partial charge >= 0.3 is 0 Å². The summed E-state index contributed by atoms with van der Waals surface area (Å²) >= 11 is 3.98. The van der Waals surface area contributed by atoms with Gasteiger partial charge in [-0.1, -0.05) is 24.3 Å². The topological polar surface area (TPSA) is 12.0 Å². The van der Waals surface area contributed by atoms with Crippen molar-refractivity contribution in [1.82, 2.24) is 5.32 Å². The molecule has 1 aliphatic rings. The molecule has 0 aromatic heterocycles. The Kier molecular flexibility index (Phi) is 5.07. The van der Waals surface area contributed by atoms with Crippen molar-refractivity contribution in [3.05, 3.63) is 35.4 Å². The summed E-state index contributed by atoms with van der Waals surface area (Å²) in [5.41, 5.74) is 3.06. The molecular formula is C13H19NS2. The maximum absolute atomic E-state index is 3.68. The zero-order valence-electron chi connectivity index (χ0n) is 9.74. The lowest BCUT2D eigenvalue weighted by Crippen LogP contribution is -2.25. The normalized spacial score (nSPS) is 20.2. The lowest BCUT2D eigenvalue weighted by molar-refractivity contribution is 0.607. The number of rotatable bonds is 4. The van der Waals surface area contributed by atoms with E-state index >= 15 is 0 Å². The number of thioether (sulfide) groups is 2. The first-order valence-electron chi connectivity index (χ1n) is 5.79. The fourth-order valence-electron chi connectivity index (χ4n) is 2.08. The SMILES string of the molecule is CSCCNC1CSCCc2ccccc21. The maximum Gasteiger partial charge on any atom is 0.0414 e. The first-order valence-corrected chi connectivity index (χ1v) is 8.34. The highest BCUT2D eigenvalue weighted by molar-refractivity contribution is 7.99. The molecule has 1 N–H and O–H groups in total. The van der Waals surface area contributed by atoms with Gasteiger partial charge in [0.25, 0.3) is 0 Å². The molecule has 16 heavy (non-hydrogen) atoms. The summed E-state index contributed by atoms with van der Waals surface area (Å²) in [6, 6.07) is 9.45. The number of benzene rings is 1. The van der Waals surface area contributed by atoms with Gasteiger partial charge in [-0.2, -0.15) is 23.5 Å². The summed E-state index contributed by atoms with van der Waals surface area (Å²) in [4.78, 5) is 0. The Labute approximate surface area is 107 Å². The van der Waals surface area contributed by atoms with Gasteiger partial charge in [0.15, 0.2) is 0 Å². The van der Waals surface area contributed by atoms with Gasteiger partial charge < -0.3 is 5.32 Å². The van der Waals surface area contributed by atoms with E-state index in [1.54, 1.807) is 0 Å². The van der Waals surface area contributed by atoms with E-state index in [1.807, 2.05) is 11.8 Å². The summed E-state index contributed by atoms with van der Waals surface area (Å²) in [5.74, 6) is 3.67. The molecule has 0 saturated heterocycles. The highest BCUT2D eigenvalue weighted by atomic mass is 32.2. The van der Waals surface area contributed by atoms with Crippen molar-refractivity contribution in [3.63, 3.8) is 0 Å². The van der Waals surface area contributed by atoms with Crippen molar-refractivity contribution < 1.29 is 0 Å². The van der Waals surface area contributed by atoms with E-state index in [1.165, 1.54) is 34.8 Å². The van der Waals surface area contributed by atoms with E-state index in [4.69, 9.17) is 0 Å². The van der Waals surface area contributed by atoms with Gasteiger partial charge in [-0.15, -0.1) is 0 Å². The van der Waals surface area contributed by atoms with Gasteiger partial charge in [-0.05, 0) is 29.6 Å². The molecular weight excluding hydrogens is 234 g/mol. The Morgan fingerprint density at radius 3 is 3.19 bits per heavy atom. The standard InChI is InChI=1S/C13H19NS2/c1-15-9-7-14-13-10-16-8-6-11-4-2-3-5-12(11)13/h2-5,13-14H,6-10H2,1H3. The van der Waals surface area contributed by atoms with E-state index < -0.39 is 0 Å². The van der Waals surface area contributed by atoms with Crippen molar-refractivity contribution in [2.24, 2.45) is 0 Å². The molecule has 1 nitrogen and oxygen atoms in total. The summed E-state index contributed by atoms with van der Waals surface area (Å²) in [5, 5.41) is 3.68. The molecule has 0 fully saturated rings. The third-order valence-electron chi connectivity index (χ3n) is 2.93. The first-order chi connectivity index (χ1) is 7.92. The highest BCUT2D eigenvalue weighted by Crippen LogP contribution is 2.27. The lowest BCUT2D eigenvalue weighted by atomic mass is 10.00. The summed E-state index contributed by atoms with van der Waals surface area (Å²) in [7, 11) is 0. The molecule has 0 radical (unpaired) electrons. The molecule has 1 aliphatic heterocycles. The first kappa shape index (κ1) is 12.3. The summed E-state index contributed by atoms with van der Waals surface area (Å²) < 4.78 is 0. The minimum absolute atomic E-state index is 0.552. The average Bonchev–Trinajstić information content (AvgIpc) is 2.52. The van der Waals surface area contributed by atoms with Crippen LogP contribution in [-0.4, -0.2) is 30.1 Å². The van der Waals surface area contributed by atoms with Crippen LogP contribution in [-0.2, 0) is 6.42 Å². The van der Waals surface area contributed by atoms with Gasteiger partial charge in [-0.25, -0.2) is 0 Å². The van der Waals surface area contributed by atoms with Crippen molar-refractivity contribution in [3.8, 4) is 0 Å². The van der Waals surface area contributed by atoms with Crippen LogP contribution in [0.5, 0.6) is 0 Å². The zero-order chi connectivity index (χ0) is 11.2. The highest BCUT2D eigenvalue weighted by Gasteiger charge is 2.17. The molecule has 0 bridgehead atoms. The smallest absolute Gasteiger partial charge is 0.0414 e. The zero-order valence-corrected chi connectivity index (χ0v) is 11.4. The second-order valence-electron chi connectivity index (χ2n) is 4.02. The summed E-state index contributed by atoms with van der Waals surface area (Å²) in [6.07, 6.45) is 3.39. The fraction of sp³-hybridized carbons (Fsp3) is 0.538. The van der Waals surface area contributed by atoms with Crippen LogP contribution in [0, 0.1) is 0 Å². The number of hydrogen-bond donors (Lipinski definition) is 1. The predicted octanol–water partition coefficient (Wildman–Crippen LogP) is 2.97. The maximum atomic E-state index is 3.68. The van der Waals surface area contributed by atoms with Crippen LogP contribution in [0.1, 0.15) is 17.2 Å². The molecule has 0 saturated carbocycles. The van der Waals surface area contributed by atoms with Crippen LogP contribution in [0.2, 0.25) is 0 Å². The quantitative estimate of drug-likeness (QED) is 0.829. The van der Waals surface area contributed by atoms with E-state index in [2.05, 4.69) is 47.6 Å². The van der Waals surface area contributed by atoms with Crippen LogP contribution in [0.15, 0.2) is 24.3 Å². The van der Waals surface area contributed by atoms with E-state index in [0.717, 1.165) is 6.54 Å². The minimum atomic E-state index is 0.552. The van der Waals surface area contributed by atoms with Crippen molar-refractivity contribution in [1.29, 1.82) is 0 Å². The fourth-order valence-corrected chi connectivity index (χ4v) is 3.47. The van der Waals surface area contributed by atoms with Gasteiger partial charge in [0.2, 0.25) is 0 Å². The molecule has 1 atom stereocenters. The molecule has 88 valence electrons. The second-order valence-corrected chi connectivity index (χ2v) is 6.16. The molecule has 0 aliphatic carbocycles. The van der Waals surface area contributed by atoms with Gasteiger partial charge in [-0.3, -0.25) is 0 Å². The Morgan fingerprint density at radius 1 is 1.44 bits per heavy atom. The molecule has 1 aromatic carbocycles. The van der Waals surface area contributed by atoms with E-state index in [-0.39, 0.29) is 0 Å².